The molecule has 1 saturated carbocycles. The van der Waals surface area contributed by atoms with E-state index < -0.39 is 0 Å². The Morgan fingerprint density at radius 3 is 2.60 bits per heavy atom. The summed E-state index contributed by atoms with van der Waals surface area (Å²) in [6.07, 6.45) is 4.17. The molecule has 1 aliphatic carbocycles. The number of nitrogens with one attached hydrogen (secondary N) is 1. The molecule has 1 aliphatic rings. The first-order chi connectivity index (χ1) is 12.3. The van der Waals surface area contributed by atoms with E-state index in [-0.39, 0.29) is 11.8 Å². The molecule has 2 atom stereocenters. The van der Waals surface area contributed by atoms with Gasteiger partial charge in [-0.3, -0.25) is 4.79 Å². The first-order valence-electron chi connectivity index (χ1n) is 8.53. The number of hydrogen-bond acceptors (Lipinski definition) is 3. The fourth-order valence-electron chi connectivity index (χ4n) is 3.24. The van der Waals surface area contributed by atoms with E-state index in [0.717, 1.165) is 17.5 Å². The molecule has 5 heteroatoms. The molecule has 0 spiro atoms. The van der Waals surface area contributed by atoms with Crippen LogP contribution in [0, 0.1) is 5.92 Å². The SMILES string of the molecule is O=C(NCc1ccccc1Cn1cncn1)[C@H]1C[C@@H]1c1ccccc1. The lowest BCUT2D eigenvalue weighted by molar-refractivity contribution is -0.122. The lowest BCUT2D eigenvalue weighted by atomic mass is 10.1. The Hall–Kier alpha value is -2.95. The smallest absolute Gasteiger partial charge is 0.224 e. The van der Waals surface area contributed by atoms with Gasteiger partial charge in [0.2, 0.25) is 5.91 Å². The van der Waals surface area contributed by atoms with Crippen molar-refractivity contribution >= 4 is 5.91 Å². The van der Waals surface area contributed by atoms with E-state index >= 15 is 0 Å². The van der Waals surface area contributed by atoms with Crippen molar-refractivity contribution in [2.75, 3.05) is 0 Å². The van der Waals surface area contributed by atoms with Crippen LogP contribution in [0.3, 0.4) is 0 Å². The minimum Gasteiger partial charge on any atom is -0.352 e. The number of rotatable bonds is 6. The first kappa shape index (κ1) is 15.6. The van der Waals surface area contributed by atoms with Crippen molar-refractivity contribution in [1.82, 2.24) is 20.1 Å². The summed E-state index contributed by atoms with van der Waals surface area (Å²) in [5.41, 5.74) is 3.51. The van der Waals surface area contributed by atoms with Gasteiger partial charge in [0.1, 0.15) is 12.7 Å². The topological polar surface area (TPSA) is 59.8 Å². The number of amides is 1. The normalized spacial score (nSPS) is 18.7. The maximum absolute atomic E-state index is 12.5. The Morgan fingerprint density at radius 2 is 1.84 bits per heavy atom. The second-order valence-corrected chi connectivity index (χ2v) is 6.44. The molecule has 126 valence electrons. The molecule has 0 bridgehead atoms. The summed E-state index contributed by atoms with van der Waals surface area (Å²) in [4.78, 5) is 16.4. The molecule has 0 aliphatic heterocycles. The largest absolute Gasteiger partial charge is 0.352 e. The molecule has 1 heterocycles. The highest BCUT2D eigenvalue weighted by molar-refractivity contribution is 5.82. The van der Waals surface area contributed by atoms with Gasteiger partial charge < -0.3 is 5.32 Å². The van der Waals surface area contributed by atoms with Crippen molar-refractivity contribution < 1.29 is 4.79 Å². The maximum Gasteiger partial charge on any atom is 0.224 e. The Morgan fingerprint density at radius 1 is 1.08 bits per heavy atom. The Bertz CT molecular complexity index is 845. The van der Waals surface area contributed by atoms with Crippen LogP contribution < -0.4 is 5.32 Å². The van der Waals surface area contributed by atoms with Crippen LogP contribution in [0.25, 0.3) is 0 Å². The van der Waals surface area contributed by atoms with Gasteiger partial charge in [0.25, 0.3) is 0 Å². The van der Waals surface area contributed by atoms with Gasteiger partial charge >= 0.3 is 0 Å². The highest BCUT2D eigenvalue weighted by Gasteiger charge is 2.43. The van der Waals surface area contributed by atoms with Crippen molar-refractivity contribution in [2.45, 2.75) is 25.4 Å². The highest BCUT2D eigenvalue weighted by atomic mass is 16.2. The number of nitrogens with zero attached hydrogens (tertiary/aromatic N) is 3. The van der Waals surface area contributed by atoms with Crippen molar-refractivity contribution in [3.63, 3.8) is 0 Å². The van der Waals surface area contributed by atoms with Gasteiger partial charge in [0, 0.05) is 12.5 Å². The second kappa shape index (κ2) is 6.89. The third-order valence-corrected chi connectivity index (χ3v) is 4.73. The van der Waals surface area contributed by atoms with Gasteiger partial charge in [-0.2, -0.15) is 5.10 Å². The van der Waals surface area contributed by atoms with Crippen LogP contribution in [0.2, 0.25) is 0 Å². The van der Waals surface area contributed by atoms with Gasteiger partial charge in [-0.25, -0.2) is 9.67 Å². The summed E-state index contributed by atoms with van der Waals surface area (Å²) in [5.74, 6) is 0.612. The van der Waals surface area contributed by atoms with Crippen molar-refractivity contribution in [1.29, 1.82) is 0 Å². The predicted octanol–water partition coefficient (Wildman–Crippen LogP) is 2.75. The van der Waals surface area contributed by atoms with E-state index in [1.54, 1.807) is 11.0 Å². The summed E-state index contributed by atoms with van der Waals surface area (Å²) in [5, 5.41) is 7.24. The lowest BCUT2D eigenvalue weighted by Crippen LogP contribution is -2.25. The summed E-state index contributed by atoms with van der Waals surface area (Å²) in [7, 11) is 0. The molecule has 1 N–H and O–H groups in total. The van der Waals surface area contributed by atoms with Gasteiger partial charge in [-0.15, -0.1) is 0 Å². The average Bonchev–Trinajstić information content (AvgIpc) is 3.30. The van der Waals surface area contributed by atoms with E-state index in [9.17, 15) is 4.79 Å². The molecular weight excluding hydrogens is 312 g/mol. The summed E-state index contributed by atoms with van der Waals surface area (Å²) >= 11 is 0. The fraction of sp³-hybridized carbons (Fsp3) is 0.250. The van der Waals surface area contributed by atoms with Crippen LogP contribution in [0.1, 0.15) is 29.0 Å². The minimum absolute atomic E-state index is 0.102. The van der Waals surface area contributed by atoms with Gasteiger partial charge in [0.15, 0.2) is 0 Å². The molecule has 4 rings (SSSR count). The number of carbonyl (C=O) groups is 1. The Balaban J connectivity index is 1.37. The van der Waals surface area contributed by atoms with Crippen LogP contribution in [-0.2, 0) is 17.9 Å². The third kappa shape index (κ3) is 3.60. The van der Waals surface area contributed by atoms with Gasteiger partial charge in [0.05, 0.1) is 6.54 Å². The van der Waals surface area contributed by atoms with Crippen LogP contribution in [0.5, 0.6) is 0 Å². The quantitative estimate of drug-likeness (QED) is 0.755. The zero-order chi connectivity index (χ0) is 17.1. The zero-order valence-corrected chi connectivity index (χ0v) is 13.9. The fourth-order valence-corrected chi connectivity index (χ4v) is 3.24. The number of aromatic nitrogens is 3. The Labute approximate surface area is 146 Å². The average molecular weight is 332 g/mol. The van der Waals surface area contributed by atoms with Crippen molar-refractivity contribution in [3.8, 4) is 0 Å². The summed E-state index contributed by atoms with van der Waals surface area (Å²) < 4.78 is 1.78. The number of hydrogen-bond donors (Lipinski definition) is 1. The molecule has 2 aromatic carbocycles. The Kier molecular flexibility index (Phi) is 4.29. The standard InChI is InChI=1S/C20H20N4O/c25-20(19-10-18(19)15-6-2-1-3-7-15)22-11-16-8-4-5-9-17(16)12-24-14-21-13-23-24/h1-9,13-14,18-19H,10-12H2,(H,22,25)/t18-,19+/m1/s1. The maximum atomic E-state index is 12.5. The van der Waals surface area contributed by atoms with Crippen LogP contribution in [0.4, 0.5) is 0 Å². The van der Waals surface area contributed by atoms with E-state index in [4.69, 9.17) is 0 Å². The lowest BCUT2D eigenvalue weighted by Gasteiger charge is -2.11. The van der Waals surface area contributed by atoms with Crippen molar-refractivity contribution in [3.05, 3.63) is 83.9 Å². The van der Waals surface area contributed by atoms with Crippen LogP contribution in [-0.4, -0.2) is 20.7 Å². The molecule has 1 aromatic heterocycles. The van der Waals surface area contributed by atoms with Crippen LogP contribution >= 0.6 is 0 Å². The van der Waals surface area contributed by atoms with E-state index in [1.807, 2.05) is 36.4 Å². The van der Waals surface area contributed by atoms with Crippen LogP contribution in [0.15, 0.2) is 67.3 Å². The highest BCUT2D eigenvalue weighted by Crippen LogP contribution is 2.47. The molecule has 25 heavy (non-hydrogen) atoms. The third-order valence-electron chi connectivity index (χ3n) is 4.73. The molecule has 1 amide bonds. The predicted molar refractivity (Wildman–Crippen MR) is 94.7 cm³/mol. The number of carbonyl (C=O) groups excluding carboxylic acids is 1. The first-order valence-corrected chi connectivity index (χ1v) is 8.53. The monoisotopic (exact) mass is 332 g/mol. The minimum atomic E-state index is 0.102. The molecule has 5 nitrogen and oxygen atoms in total. The molecular formula is C20H20N4O. The molecule has 0 radical (unpaired) electrons. The molecule has 0 saturated heterocycles. The van der Waals surface area contributed by atoms with Crippen molar-refractivity contribution in [2.24, 2.45) is 5.92 Å². The summed E-state index contributed by atoms with van der Waals surface area (Å²) in [6, 6.07) is 18.4. The number of benzene rings is 2. The van der Waals surface area contributed by atoms with E-state index in [2.05, 4.69) is 33.6 Å². The van der Waals surface area contributed by atoms with E-state index in [0.29, 0.717) is 19.0 Å². The second-order valence-electron chi connectivity index (χ2n) is 6.44. The molecule has 3 aromatic rings. The molecule has 1 fully saturated rings. The van der Waals surface area contributed by atoms with E-state index in [1.165, 1.54) is 11.9 Å². The summed E-state index contributed by atoms with van der Waals surface area (Å²) in [6.45, 7) is 1.20. The zero-order valence-electron chi connectivity index (χ0n) is 13.9. The van der Waals surface area contributed by atoms with Gasteiger partial charge in [-0.1, -0.05) is 54.6 Å². The van der Waals surface area contributed by atoms with Gasteiger partial charge in [-0.05, 0) is 29.0 Å². The molecule has 0 unspecified atom stereocenters.